The molecule has 2 fully saturated rings. The first kappa shape index (κ1) is 28.5. The maximum atomic E-state index is 15.8. The quantitative estimate of drug-likeness (QED) is 0.117. The Morgan fingerprint density at radius 2 is 1.00 bits per heavy atom. The van der Waals surface area contributed by atoms with E-state index < -0.39 is 50.9 Å². The molecule has 2 aliphatic carbocycles. The van der Waals surface area contributed by atoms with Gasteiger partial charge in [0, 0.05) is 0 Å². The Kier molecular flexibility index (Phi) is 6.21. The highest BCUT2D eigenvalue weighted by Crippen LogP contribution is 2.74. The van der Waals surface area contributed by atoms with Gasteiger partial charge in [-0.2, -0.15) is 0 Å². The van der Waals surface area contributed by atoms with Crippen LogP contribution in [0, 0.1) is 27.8 Å². The number of nitro benzene ring substituents is 1. The normalized spacial score (nSPS) is 24.6. The molecule has 228 valence electrons. The number of rotatable bonds is 6. The van der Waals surface area contributed by atoms with Crippen molar-refractivity contribution in [2.75, 3.05) is 4.90 Å². The summed E-state index contributed by atoms with van der Waals surface area (Å²) in [5.74, 6) is -5.17. The Morgan fingerprint density at radius 1 is 0.596 bits per heavy atom. The lowest BCUT2D eigenvalue weighted by Gasteiger charge is -2.39. The highest BCUT2D eigenvalue weighted by molar-refractivity contribution is 6.39. The lowest BCUT2D eigenvalue weighted by atomic mass is 9.59. The summed E-state index contributed by atoms with van der Waals surface area (Å²) in [6, 6.07) is 39.6. The van der Waals surface area contributed by atoms with Crippen LogP contribution in [-0.2, 0) is 25.2 Å². The summed E-state index contributed by atoms with van der Waals surface area (Å²) in [7, 11) is 0. The van der Waals surface area contributed by atoms with Gasteiger partial charge in [0.2, 0.25) is 11.8 Å². The zero-order valence-electron chi connectivity index (χ0n) is 24.7. The molecule has 4 atom stereocenters. The zero-order valence-corrected chi connectivity index (χ0v) is 24.7. The number of carbonyl (C=O) groups excluding carboxylic acids is 3. The van der Waals surface area contributed by atoms with Crippen LogP contribution < -0.4 is 4.90 Å². The number of allylic oxidation sites excluding steroid dienone is 2. The van der Waals surface area contributed by atoms with Crippen molar-refractivity contribution >= 4 is 40.1 Å². The Labute approximate surface area is 268 Å². The number of ketones is 1. The molecule has 0 spiro atoms. The molecular weight excluding hydrogens is 595 g/mol. The summed E-state index contributed by atoms with van der Waals surface area (Å²) in [6.07, 6.45) is 0. The average Bonchev–Trinajstić information content (AvgIpc) is 3.62. The minimum absolute atomic E-state index is 0.301. The van der Waals surface area contributed by atoms with Gasteiger partial charge in [0.1, 0.15) is 11.5 Å². The summed E-state index contributed by atoms with van der Waals surface area (Å²) in [4.78, 5) is 57.9. The molecule has 1 aliphatic heterocycles. The van der Waals surface area contributed by atoms with Crippen LogP contribution in [0.25, 0.3) is 11.1 Å². The molecule has 0 aromatic heterocycles. The number of anilines is 1. The molecule has 47 heavy (non-hydrogen) atoms. The molecule has 1 saturated heterocycles. The summed E-state index contributed by atoms with van der Waals surface area (Å²) in [5, 5.41) is 12.2. The van der Waals surface area contributed by atoms with Crippen LogP contribution in [-0.4, -0.2) is 22.5 Å². The summed E-state index contributed by atoms with van der Waals surface area (Å²) < 4.78 is 14.3. The van der Waals surface area contributed by atoms with Crippen molar-refractivity contribution < 1.29 is 23.7 Å². The molecule has 0 unspecified atom stereocenters. The van der Waals surface area contributed by atoms with E-state index in [0.29, 0.717) is 39.5 Å². The van der Waals surface area contributed by atoms with Crippen LogP contribution in [0.4, 0.5) is 15.8 Å². The van der Waals surface area contributed by atoms with Crippen LogP contribution >= 0.6 is 0 Å². The second kappa shape index (κ2) is 10.3. The van der Waals surface area contributed by atoms with Gasteiger partial charge in [-0.1, -0.05) is 121 Å². The molecule has 0 radical (unpaired) electrons. The first-order valence-corrected chi connectivity index (χ1v) is 15.2. The molecule has 5 aromatic rings. The van der Waals surface area contributed by atoms with E-state index >= 15 is 4.79 Å². The second-order valence-electron chi connectivity index (χ2n) is 12.0. The van der Waals surface area contributed by atoms with Crippen molar-refractivity contribution in [1.82, 2.24) is 0 Å². The number of nitrogens with zero attached hydrogens (tertiary/aromatic N) is 2. The molecule has 2 bridgehead atoms. The fourth-order valence-corrected chi connectivity index (χ4v) is 8.40. The van der Waals surface area contributed by atoms with E-state index in [0.717, 1.165) is 17.0 Å². The van der Waals surface area contributed by atoms with Gasteiger partial charge in [-0.25, -0.2) is 9.29 Å². The van der Waals surface area contributed by atoms with Crippen LogP contribution in [0.5, 0.6) is 0 Å². The Balaban J connectivity index is 1.55. The number of amides is 2. The third-order valence-electron chi connectivity index (χ3n) is 9.95. The summed E-state index contributed by atoms with van der Waals surface area (Å²) in [6.45, 7) is 0. The van der Waals surface area contributed by atoms with Crippen LogP contribution in [0.15, 0.2) is 140 Å². The van der Waals surface area contributed by atoms with Crippen molar-refractivity contribution in [3.8, 4) is 0 Å². The first-order valence-electron chi connectivity index (χ1n) is 15.2. The van der Waals surface area contributed by atoms with E-state index in [9.17, 15) is 24.1 Å². The van der Waals surface area contributed by atoms with Crippen molar-refractivity contribution in [2.45, 2.75) is 10.8 Å². The molecule has 3 aliphatic rings. The predicted molar refractivity (Wildman–Crippen MR) is 173 cm³/mol. The van der Waals surface area contributed by atoms with Gasteiger partial charge >= 0.3 is 0 Å². The molecule has 1 heterocycles. The van der Waals surface area contributed by atoms with Gasteiger partial charge in [-0.05, 0) is 45.5 Å². The minimum Gasteiger partial charge on any atom is -0.297 e. The summed E-state index contributed by atoms with van der Waals surface area (Å²) >= 11 is 0. The third-order valence-corrected chi connectivity index (χ3v) is 9.95. The largest absolute Gasteiger partial charge is 0.297 e. The predicted octanol–water partition coefficient (Wildman–Crippen LogP) is 6.92. The van der Waals surface area contributed by atoms with Crippen molar-refractivity contribution in [3.63, 3.8) is 0 Å². The Bertz CT molecular complexity index is 2030. The highest BCUT2D eigenvalue weighted by Gasteiger charge is 2.83. The summed E-state index contributed by atoms with van der Waals surface area (Å²) in [5.41, 5.74) is -0.607. The monoisotopic (exact) mass is 620 g/mol. The molecule has 1 saturated carbocycles. The Hall–Kier alpha value is -6.02. The van der Waals surface area contributed by atoms with Gasteiger partial charge in [-0.15, -0.1) is 0 Å². The number of hydrogen-bond donors (Lipinski definition) is 0. The van der Waals surface area contributed by atoms with Crippen molar-refractivity contribution in [3.05, 3.63) is 178 Å². The van der Waals surface area contributed by atoms with E-state index in [4.69, 9.17) is 0 Å². The standard InChI is InChI=1S/C39H25FN2O5/c40-28-21-22-29(30(23-28)42(46)47)41-35(43)33-34(36(41)44)39(27-19-11-4-12-20-27)32(25-15-7-2-8-16-25)31(24-13-5-1-6-14-24)38(33,37(39)45)26-17-9-3-10-18-26/h1-23,33-34H/t33-,34-,38+,39+/m1/s1. The number of halogens is 1. The topological polar surface area (TPSA) is 97.6 Å². The number of nitro groups is 1. The fraction of sp³-hybridized carbons (Fsp3) is 0.103. The van der Waals surface area contributed by atoms with E-state index in [1.165, 1.54) is 0 Å². The van der Waals surface area contributed by atoms with Gasteiger partial charge in [0.25, 0.3) is 5.69 Å². The molecule has 7 nitrogen and oxygen atoms in total. The minimum atomic E-state index is -1.65. The van der Waals surface area contributed by atoms with E-state index in [-0.39, 0.29) is 11.5 Å². The van der Waals surface area contributed by atoms with E-state index in [2.05, 4.69) is 0 Å². The number of benzene rings is 5. The molecule has 5 aromatic carbocycles. The van der Waals surface area contributed by atoms with Crippen LogP contribution in [0.3, 0.4) is 0 Å². The zero-order chi connectivity index (χ0) is 32.5. The number of imide groups is 1. The van der Waals surface area contributed by atoms with Gasteiger partial charge in [0.05, 0.1) is 33.7 Å². The van der Waals surface area contributed by atoms with Crippen molar-refractivity contribution in [2.24, 2.45) is 11.8 Å². The van der Waals surface area contributed by atoms with Gasteiger partial charge < -0.3 is 0 Å². The van der Waals surface area contributed by atoms with Gasteiger partial charge in [-0.3, -0.25) is 24.5 Å². The van der Waals surface area contributed by atoms with Gasteiger partial charge in [0.15, 0.2) is 5.78 Å². The van der Waals surface area contributed by atoms with Crippen LogP contribution in [0.1, 0.15) is 22.3 Å². The highest BCUT2D eigenvalue weighted by atomic mass is 19.1. The number of Topliss-reactive ketones (excluding diaryl/α,β-unsaturated/α-hetero) is 1. The molecule has 8 heteroatoms. The molecular formula is C39H25FN2O5. The van der Waals surface area contributed by atoms with E-state index in [1.54, 1.807) is 48.5 Å². The lowest BCUT2D eigenvalue weighted by molar-refractivity contribution is -0.384. The lowest BCUT2D eigenvalue weighted by Crippen LogP contribution is -2.45. The number of carbonyl (C=O) groups is 3. The van der Waals surface area contributed by atoms with Crippen molar-refractivity contribution in [1.29, 1.82) is 0 Å². The van der Waals surface area contributed by atoms with Crippen LogP contribution in [0.2, 0.25) is 0 Å². The number of hydrogen-bond acceptors (Lipinski definition) is 5. The smallest absolute Gasteiger partial charge is 0.296 e. The maximum Gasteiger partial charge on any atom is 0.296 e. The SMILES string of the molecule is O=C1[C@H]2[C@H](C(=O)N1c1ccc(F)cc1[N+](=O)[O-])[C@@]1(c3ccccc3)C(=O)[C@@]2(c2ccccc2)C(c2ccccc2)=C1c1ccccc1. The number of fused-ring (bicyclic) bond motifs is 5. The fourth-order valence-electron chi connectivity index (χ4n) is 8.40. The Morgan fingerprint density at radius 3 is 1.40 bits per heavy atom. The molecule has 2 amide bonds. The second-order valence-corrected chi connectivity index (χ2v) is 12.0. The average molecular weight is 621 g/mol. The third kappa shape index (κ3) is 3.58. The molecule has 8 rings (SSSR count). The maximum absolute atomic E-state index is 15.8. The first-order chi connectivity index (χ1) is 22.8. The van der Waals surface area contributed by atoms with E-state index in [1.807, 2.05) is 72.8 Å². The molecule has 0 N–H and O–H groups in total.